The van der Waals surface area contributed by atoms with E-state index in [1.54, 1.807) is 18.2 Å². The molecule has 2 unspecified atom stereocenters. The average Bonchev–Trinajstić information content (AvgIpc) is 2.35. The number of carbonyl (C=O) groups is 1. The van der Waals surface area contributed by atoms with Crippen molar-refractivity contribution in [2.24, 2.45) is 0 Å². The van der Waals surface area contributed by atoms with E-state index in [1.807, 2.05) is 0 Å². The van der Waals surface area contributed by atoms with E-state index in [4.69, 9.17) is 23.2 Å². The Morgan fingerprint density at radius 1 is 1.44 bits per heavy atom. The monoisotopic (exact) mass is 291 g/mol. The van der Waals surface area contributed by atoms with Crippen LogP contribution in [0.4, 0.5) is 0 Å². The van der Waals surface area contributed by atoms with Crippen LogP contribution in [0.1, 0.15) is 24.2 Å². The Balaban J connectivity index is 2.76. The molecule has 0 aliphatic rings. The van der Waals surface area contributed by atoms with Crippen molar-refractivity contribution in [1.29, 1.82) is 0 Å². The zero-order valence-corrected chi connectivity index (χ0v) is 11.4. The van der Waals surface area contributed by atoms with Crippen molar-refractivity contribution in [2.75, 3.05) is 6.54 Å². The summed E-state index contributed by atoms with van der Waals surface area (Å²) in [5.74, 6) is -0.0416. The van der Waals surface area contributed by atoms with Gasteiger partial charge in [-0.2, -0.15) is 0 Å². The SMILES string of the molecule is CC(=O)NCC(O)C(O)c1ccc(Cl)c(CCl)c1. The summed E-state index contributed by atoms with van der Waals surface area (Å²) >= 11 is 11.6. The molecule has 0 aliphatic carbocycles. The van der Waals surface area contributed by atoms with Crippen LogP contribution in [-0.4, -0.2) is 28.8 Å². The summed E-state index contributed by atoms with van der Waals surface area (Å²) in [6, 6.07) is 4.86. The van der Waals surface area contributed by atoms with Gasteiger partial charge < -0.3 is 15.5 Å². The van der Waals surface area contributed by atoms with E-state index in [-0.39, 0.29) is 18.3 Å². The number of benzene rings is 1. The predicted octanol–water partition coefficient (Wildman–Crippen LogP) is 1.61. The van der Waals surface area contributed by atoms with Gasteiger partial charge in [-0.25, -0.2) is 0 Å². The van der Waals surface area contributed by atoms with Crippen LogP contribution in [0.5, 0.6) is 0 Å². The van der Waals surface area contributed by atoms with Crippen LogP contribution in [-0.2, 0) is 10.7 Å². The van der Waals surface area contributed by atoms with E-state index in [0.717, 1.165) is 0 Å². The number of aliphatic hydroxyl groups is 2. The second-order valence-corrected chi connectivity index (χ2v) is 4.61. The average molecular weight is 292 g/mol. The number of nitrogens with one attached hydrogen (secondary N) is 1. The maximum absolute atomic E-state index is 10.7. The Kier molecular flexibility index (Phi) is 5.88. The molecule has 0 heterocycles. The van der Waals surface area contributed by atoms with Crippen molar-refractivity contribution in [1.82, 2.24) is 5.32 Å². The number of carbonyl (C=O) groups excluding carboxylic acids is 1. The van der Waals surface area contributed by atoms with Gasteiger partial charge in [0.15, 0.2) is 0 Å². The fourth-order valence-electron chi connectivity index (χ4n) is 1.46. The van der Waals surface area contributed by atoms with Crippen molar-refractivity contribution in [3.8, 4) is 0 Å². The fourth-order valence-corrected chi connectivity index (χ4v) is 1.94. The van der Waals surface area contributed by atoms with Gasteiger partial charge in [0, 0.05) is 24.4 Å². The highest BCUT2D eigenvalue weighted by Crippen LogP contribution is 2.24. The first kappa shape index (κ1) is 15.2. The van der Waals surface area contributed by atoms with E-state index >= 15 is 0 Å². The Hall–Kier alpha value is -0.810. The molecule has 1 rings (SSSR count). The number of alkyl halides is 1. The second-order valence-electron chi connectivity index (χ2n) is 3.93. The molecule has 0 radical (unpaired) electrons. The molecule has 1 amide bonds. The number of halogens is 2. The Morgan fingerprint density at radius 2 is 2.11 bits per heavy atom. The van der Waals surface area contributed by atoms with Gasteiger partial charge in [-0.15, -0.1) is 11.6 Å². The van der Waals surface area contributed by atoms with Crippen LogP contribution >= 0.6 is 23.2 Å². The van der Waals surface area contributed by atoms with Gasteiger partial charge in [0.1, 0.15) is 12.2 Å². The predicted molar refractivity (Wildman–Crippen MR) is 70.7 cm³/mol. The van der Waals surface area contributed by atoms with Crippen molar-refractivity contribution < 1.29 is 15.0 Å². The third kappa shape index (κ3) is 4.14. The summed E-state index contributed by atoms with van der Waals surface area (Å²) in [6.07, 6.45) is -2.19. The molecular weight excluding hydrogens is 277 g/mol. The maximum atomic E-state index is 10.7. The van der Waals surface area contributed by atoms with Crippen LogP contribution in [0.25, 0.3) is 0 Å². The molecule has 0 spiro atoms. The van der Waals surface area contributed by atoms with Crippen molar-refractivity contribution >= 4 is 29.1 Å². The molecule has 100 valence electrons. The minimum Gasteiger partial charge on any atom is -0.388 e. The standard InChI is InChI=1S/C12H15Cl2NO3/c1-7(16)15-6-11(17)12(18)8-2-3-10(14)9(4-8)5-13/h2-4,11-12,17-18H,5-6H2,1H3,(H,15,16). The van der Waals surface area contributed by atoms with Crippen LogP contribution in [0.2, 0.25) is 5.02 Å². The van der Waals surface area contributed by atoms with Gasteiger partial charge in [0.05, 0.1) is 0 Å². The van der Waals surface area contributed by atoms with Gasteiger partial charge >= 0.3 is 0 Å². The number of hydrogen-bond donors (Lipinski definition) is 3. The van der Waals surface area contributed by atoms with Crippen LogP contribution in [0.3, 0.4) is 0 Å². The zero-order valence-electron chi connectivity index (χ0n) is 9.86. The molecule has 1 aromatic carbocycles. The summed E-state index contributed by atoms with van der Waals surface area (Å²) in [5, 5.41) is 22.6. The van der Waals surface area contributed by atoms with Crippen LogP contribution in [0.15, 0.2) is 18.2 Å². The molecule has 1 aromatic rings. The van der Waals surface area contributed by atoms with Crippen LogP contribution in [0, 0.1) is 0 Å². The van der Waals surface area contributed by atoms with Crippen molar-refractivity contribution in [3.63, 3.8) is 0 Å². The number of amides is 1. The molecule has 4 nitrogen and oxygen atoms in total. The van der Waals surface area contributed by atoms with Gasteiger partial charge in [-0.1, -0.05) is 23.7 Å². The lowest BCUT2D eigenvalue weighted by Gasteiger charge is -2.19. The topological polar surface area (TPSA) is 69.6 Å². The van der Waals surface area contributed by atoms with E-state index in [1.165, 1.54) is 6.92 Å². The smallest absolute Gasteiger partial charge is 0.216 e. The first-order valence-corrected chi connectivity index (χ1v) is 6.31. The third-order valence-electron chi connectivity index (χ3n) is 2.48. The zero-order chi connectivity index (χ0) is 13.7. The lowest BCUT2D eigenvalue weighted by Crippen LogP contribution is -2.34. The highest BCUT2D eigenvalue weighted by molar-refractivity contribution is 6.32. The Bertz CT molecular complexity index is 426. The van der Waals surface area contributed by atoms with Gasteiger partial charge in [0.25, 0.3) is 0 Å². The molecule has 6 heteroatoms. The maximum Gasteiger partial charge on any atom is 0.216 e. The summed E-state index contributed by atoms with van der Waals surface area (Å²) in [6.45, 7) is 1.32. The van der Waals surface area contributed by atoms with E-state index in [9.17, 15) is 15.0 Å². The van der Waals surface area contributed by atoms with Gasteiger partial charge in [-0.3, -0.25) is 4.79 Å². The lowest BCUT2D eigenvalue weighted by molar-refractivity contribution is -0.119. The summed E-state index contributed by atoms with van der Waals surface area (Å²) in [4.78, 5) is 10.7. The van der Waals surface area contributed by atoms with Gasteiger partial charge in [0.2, 0.25) is 5.91 Å². The van der Waals surface area contributed by atoms with Crippen molar-refractivity contribution in [2.45, 2.75) is 25.0 Å². The van der Waals surface area contributed by atoms with Crippen LogP contribution < -0.4 is 5.32 Å². The highest BCUT2D eigenvalue weighted by atomic mass is 35.5. The summed E-state index contributed by atoms with van der Waals surface area (Å²) in [5.41, 5.74) is 1.19. The third-order valence-corrected chi connectivity index (χ3v) is 3.14. The first-order chi connectivity index (χ1) is 8.45. The largest absolute Gasteiger partial charge is 0.388 e. The fraction of sp³-hybridized carbons (Fsp3) is 0.417. The highest BCUT2D eigenvalue weighted by Gasteiger charge is 2.19. The molecule has 0 aliphatic heterocycles. The number of hydrogen-bond acceptors (Lipinski definition) is 3. The molecule has 3 N–H and O–H groups in total. The number of aliphatic hydroxyl groups excluding tert-OH is 2. The van der Waals surface area contributed by atoms with E-state index in [2.05, 4.69) is 5.32 Å². The number of rotatable bonds is 5. The molecule has 0 saturated carbocycles. The molecule has 18 heavy (non-hydrogen) atoms. The molecule has 2 atom stereocenters. The lowest BCUT2D eigenvalue weighted by atomic mass is 10.0. The summed E-state index contributed by atoms with van der Waals surface area (Å²) in [7, 11) is 0. The molecule has 0 fully saturated rings. The quantitative estimate of drug-likeness (QED) is 0.722. The minimum absolute atomic E-state index is 0.0185. The normalized spacial score (nSPS) is 14.1. The first-order valence-electron chi connectivity index (χ1n) is 5.40. The molecule has 0 bridgehead atoms. The second kappa shape index (κ2) is 6.95. The molecular formula is C12H15Cl2NO3. The molecule has 0 aromatic heterocycles. The summed E-state index contributed by atoms with van der Waals surface area (Å²) < 4.78 is 0. The Morgan fingerprint density at radius 3 is 2.67 bits per heavy atom. The van der Waals surface area contributed by atoms with E-state index in [0.29, 0.717) is 16.1 Å². The van der Waals surface area contributed by atoms with Crippen molar-refractivity contribution in [3.05, 3.63) is 34.3 Å². The van der Waals surface area contributed by atoms with E-state index < -0.39 is 12.2 Å². The van der Waals surface area contributed by atoms with Gasteiger partial charge in [-0.05, 0) is 17.2 Å². The molecule has 0 saturated heterocycles. The Labute approximate surface area is 116 Å². The minimum atomic E-state index is -1.10.